The second-order valence-corrected chi connectivity index (χ2v) is 5.65. The number of nitrogens with zero attached hydrogens (tertiary/aromatic N) is 2. The molecular formula is C14H16N2O4S. The van der Waals surface area contributed by atoms with Gasteiger partial charge in [-0.2, -0.15) is 0 Å². The lowest BCUT2D eigenvalue weighted by Gasteiger charge is -2.08. The van der Waals surface area contributed by atoms with E-state index in [-0.39, 0.29) is 10.8 Å². The standard InChI is InChI=1S/C14H16N2O4S/c1-4-10-12(6-5-8(2)15-10)20-14-11(16(18)19)7-13(21-14)9(3)17/h5-7,9,17H,4H2,1-3H3/t9-/m1/s1. The van der Waals surface area contributed by atoms with Crippen molar-refractivity contribution in [3.8, 4) is 10.8 Å². The van der Waals surface area contributed by atoms with Crippen molar-refractivity contribution in [3.05, 3.63) is 44.6 Å². The van der Waals surface area contributed by atoms with Crippen molar-refractivity contribution in [2.75, 3.05) is 0 Å². The minimum absolute atomic E-state index is 0.140. The van der Waals surface area contributed by atoms with E-state index in [1.165, 1.54) is 6.07 Å². The number of thiophene rings is 1. The van der Waals surface area contributed by atoms with Gasteiger partial charge in [0.25, 0.3) is 5.06 Å². The molecule has 0 aliphatic carbocycles. The van der Waals surface area contributed by atoms with E-state index in [0.29, 0.717) is 17.0 Å². The van der Waals surface area contributed by atoms with Crippen molar-refractivity contribution >= 4 is 17.0 Å². The molecule has 0 saturated heterocycles. The summed E-state index contributed by atoms with van der Waals surface area (Å²) in [5, 5.41) is 20.8. The molecule has 0 spiro atoms. The molecule has 112 valence electrons. The SMILES string of the molecule is CCc1nc(C)ccc1Oc1sc([C@@H](C)O)cc1[N+](=O)[O-]. The lowest BCUT2D eigenvalue weighted by atomic mass is 10.2. The molecule has 0 fully saturated rings. The zero-order valence-electron chi connectivity index (χ0n) is 12.0. The van der Waals surface area contributed by atoms with E-state index in [2.05, 4.69) is 4.98 Å². The molecule has 2 aromatic rings. The molecule has 0 unspecified atom stereocenters. The molecule has 21 heavy (non-hydrogen) atoms. The topological polar surface area (TPSA) is 85.5 Å². The fraction of sp³-hybridized carbons (Fsp3) is 0.357. The number of aromatic nitrogens is 1. The van der Waals surface area contributed by atoms with Gasteiger partial charge >= 0.3 is 5.69 Å². The Kier molecular flexibility index (Phi) is 4.54. The highest BCUT2D eigenvalue weighted by atomic mass is 32.1. The molecule has 1 atom stereocenters. The van der Waals surface area contributed by atoms with Crippen LogP contribution in [0.2, 0.25) is 0 Å². The van der Waals surface area contributed by atoms with Crippen molar-refractivity contribution in [2.24, 2.45) is 0 Å². The van der Waals surface area contributed by atoms with Crippen LogP contribution >= 0.6 is 11.3 Å². The summed E-state index contributed by atoms with van der Waals surface area (Å²) in [4.78, 5) is 15.4. The zero-order chi connectivity index (χ0) is 15.6. The normalized spacial score (nSPS) is 12.2. The van der Waals surface area contributed by atoms with Gasteiger partial charge in [0.15, 0.2) is 5.75 Å². The lowest BCUT2D eigenvalue weighted by molar-refractivity contribution is -0.385. The van der Waals surface area contributed by atoms with Crippen LogP contribution < -0.4 is 4.74 Å². The molecule has 0 aliphatic rings. The fourth-order valence-electron chi connectivity index (χ4n) is 1.83. The molecule has 0 radical (unpaired) electrons. The first-order valence-electron chi connectivity index (χ1n) is 6.53. The number of nitro groups is 1. The van der Waals surface area contributed by atoms with Gasteiger partial charge in [-0.1, -0.05) is 18.3 Å². The second kappa shape index (κ2) is 6.19. The predicted octanol–water partition coefficient (Wildman–Crippen LogP) is 3.77. The van der Waals surface area contributed by atoms with Crippen LogP contribution in [0.15, 0.2) is 18.2 Å². The molecule has 0 amide bonds. The highest BCUT2D eigenvalue weighted by Gasteiger charge is 2.23. The predicted molar refractivity (Wildman–Crippen MR) is 80.0 cm³/mol. The second-order valence-electron chi connectivity index (χ2n) is 4.61. The molecule has 0 saturated carbocycles. The summed E-state index contributed by atoms with van der Waals surface area (Å²) in [5.74, 6) is 0.505. The van der Waals surface area contributed by atoms with Gasteiger partial charge in [-0.15, -0.1) is 0 Å². The Labute approximate surface area is 126 Å². The minimum atomic E-state index is -0.771. The van der Waals surface area contributed by atoms with Crippen LogP contribution in [0.25, 0.3) is 0 Å². The molecule has 1 N–H and O–H groups in total. The largest absolute Gasteiger partial charge is 0.438 e. The summed E-state index contributed by atoms with van der Waals surface area (Å²) in [7, 11) is 0. The average Bonchev–Trinajstić information content (AvgIpc) is 2.85. The Morgan fingerprint density at radius 3 is 2.81 bits per heavy atom. The first-order chi connectivity index (χ1) is 9.92. The minimum Gasteiger partial charge on any atom is -0.438 e. The Morgan fingerprint density at radius 2 is 2.24 bits per heavy atom. The van der Waals surface area contributed by atoms with Gasteiger partial charge < -0.3 is 9.84 Å². The number of aliphatic hydroxyl groups excluding tert-OH is 1. The third-order valence-electron chi connectivity index (χ3n) is 2.92. The Hall–Kier alpha value is -1.99. The molecule has 2 rings (SSSR count). The van der Waals surface area contributed by atoms with E-state index in [0.717, 1.165) is 22.7 Å². The number of aliphatic hydroxyl groups is 1. The molecular weight excluding hydrogens is 292 g/mol. The van der Waals surface area contributed by atoms with Crippen LogP contribution in [0.5, 0.6) is 10.8 Å². The van der Waals surface area contributed by atoms with Gasteiger partial charge in [-0.25, -0.2) is 0 Å². The summed E-state index contributed by atoms with van der Waals surface area (Å²) < 4.78 is 5.68. The smallest absolute Gasteiger partial charge is 0.323 e. The molecule has 6 nitrogen and oxygen atoms in total. The molecule has 0 aromatic carbocycles. The van der Waals surface area contributed by atoms with Crippen molar-refractivity contribution < 1.29 is 14.8 Å². The number of ether oxygens (including phenoxy) is 1. The maximum absolute atomic E-state index is 11.1. The van der Waals surface area contributed by atoms with Crippen LogP contribution in [0.3, 0.4) is 0 Å². The van der Waals surface area contributed by atoms with Crippen molar-refractivity contribution in [1.29, 1.82) is 0 Å². The molecule has 0 bridgehead atoms. The van der Waals surface area contributed by atoms with Gasteiger partial charge in [0.2, 0.25) is 0 Å². The maximum atomic E-state index is 11.1. The first-order valence-corrected chi connectivity index (χ1v) is 7.34. The summed E-state index contributed by atoms with van der Waals surface area (Å²) in [6.07, 6.45) is -0.104. The third-order valence-corrected chi connectivity index (χ3v) is 4.09. The monoisotopic (exact) mass is 308 g/mol. The Morgan fingerprint density at radius 1 is 1.52 bits per heavy atom. The summed E-state index contributed by atoms with van der Waals surface area (Å²) in [6.45, 7) is 5.38. The number of hydrogen-bond acceptors (Lipinski definition) is 6. The van der Waals surface area contributed by atoms with Crippen molar-refractivity contribution in [3.63, 3.8) is 0 Å². The Balaban J connectivity index is 2.41. The van der Waals surface area contributed by atoms with E-state index in [4.69, 9.17) is 4.74 Å². The van der Waals surface area contributed by atoms with Crippen molar-refractivity contribution in [2.45, 2.75) is 33.3 Å². The summed E-state index contributed by atoms with van der Waals surface area (Å²) in [5.41, 5.74) is 1.47. The highest BCUT2D eigenvalue weighted by Crippen LogP contribution is 2.42. The molecule has 2 aromatic heterocycles. The van der Waals surface area contributed by atoms with Gasteiger partial charge in [-0.3, -0.25) is 15.1 Å². The highest BCUT2D eigenvalue weighted by molar-refractivity contribution is 7.14. The van der Waals surface area contributed by atoms with Gasteiger partial charge in [0.1, 0.15) is 0 Å². The molecule has 7 heteroatoms. The number of hydrogen-bond donors (Lipinski definition) is 1. The van der Waals surface area contributed by atoms with E-state index >= 15 is 0 Å². The molecule has 2 heterocycles. The van der Waals surface area contributed by atoms with Crippen LogP contribution in [0.4, 0.5) is 5.69 Å². The van der Waals surface area contributed by atoms with Gasteiger partial charge in [-0.05, 0) is 32.4 Å². The number of rotatable bonds is 5. The van der Waals surface area contributed by atoms with E-state index in [1.807, 2.05) is 13.8 Å². The molecule has 0 aliphatic heterocycles. The first kappa shape index (κ1) is 15.4. The van der Waals surface area contributed by atoms with E-state index < -0.39 is 11.0 Å². The van der Waals surface area contributed by atoms with Crippen molar-refractivity contribution in [1.82, 2.24) is 4.98 Å². The third kappa shape index (κ3) is 3.37. The van der Waals surface area contributed by atoms with E-state index in [1.54, 1.807) is 19.1 Å². The Bertz CT molecular complexity index is 667. The number of aryl methyl sites for hydroxylation is 2. The fourth-order valence-corrected chi connectivity index (χ4v) is 2.76. The van der Waals surface area contributed by atoms with Crippen LogP contribution in [0, 0.1) is 17.0 Å². The average molecular weight is 308 g/mol. The van der Waals surface area contributed by atoms with Gasteiger partial charge in [0, 0.05) is 16.6 Å². The number of pyridine rings is 1. The summed E-state index contributed by atoms with van der Waals surface area (Å²) in [6, 6.07) is 4.90. The van der Waals surface area contributed by atoms with E-state index in [9.17, 15) is 15.2 Å². The van der Waals surface area contributed by atoms with Gasteiger partial charge in [0.05, 0.1) is 16.7 Å². The summed E-state index contributed by atoms with van der Waals surface area (Å²) >= 11 is 1.07. The van der Waals surface area contributed by atoms with Crippen LogP contribution in [-0.4, -0.2) is 15.0 Å². The quantitative estimate of drug-likeness (QED) is 0.671. The zero-order valence-corrected chi connectivity index (χ0v) is 12.8. The lowest BCUT2D eigenvalue weighted by Crippen LogP contribution is -1.96. The maximum Gasteiger partial charge on any atom is 0.323 e. The van der Waals surface area contributed by atoms with Crippen LogP contribution in [-0.2, 0) is 6.42 Å². The van der Waals surface area contributed by atoms with Crippen LogP contribution in [0.1, 0.15) is 36.2 Å².